The smallest absolute Gasteiger partial charge is 0.172 e. The number of Topliss-reactive ketones (excluding diaryl/α,β-unsaturated/α-hetero) is 1. The van der Waals surface area contributed by atoms with Gasteiger partial charge in [0.05, 0.1) is 23.1 Å². The molecule has 0 unspecified atom stereocenters. The molecule has 0 atom stereocenters. The summed E-state index contributed by atoms with van der Waals surface area (Å²) < 4.78 is 0. The van der Waals surface area contributed by atoms with Crippen molar-refractivity contribution in [1.29, 1.82) is 0 Å². The summed E-state index contributed by atoms with van der Waals surface area (Å²) in [6.07, 6.45) is 2.75. The van der Waals surface area contributed by atoms with Gasteiger partial charge in [0.2, 0.25) is 0 Å². The van der Waals surface area contributed by atoms with E-state index in [9.17, 15) is 4.79 Å². The van der Waals surface area contributed by atoms with E-state index in [-0.39, 0.29) is 5.78 Å². The van der Waals surface area contributed by atoms with Crippen LogP contribution in [0.4, 0.5) is 0 Å². The lowest BCUT2D eigenvalue weighted by Crippen LogP contribution is -2.02. The standard InChI is InChI=1S/C12H14N2OS/c1-2-5-16-7-12(15)9-3-4-10-11(6-9)14-8-13-10/h3-4,6,8H,2,5,7H2,1H3,(H,13,14). The molecule has 0 spiro atoms. The van der Waals surface area contributed by atoms with E-state index in [0.717, 1.165) is 28.8 Å². The van der Waals surface area contributed by atoms with Crippen LogP contribution in [-0.4, -0.2) is 27.3 Å². The molecule has 0 amide bonds. The number of ketones is 1. The van der Waals surface area contributed by atoms with Crippen LogP contribution in [0, 0.1) is 0 Å². The highest BCUT2D eigenvalue weighted by molar-refractivity contribution is 7.99. The molecule has 0 aliphatic carbocycles. The molecule has 0 aliphatic heterocycles. The van der Waals surface area contributed by atoms with E-state index >= 15 is 0 Å². The molecule has 1 N–H and O–H groups in total. The topological polar surface area (TPSA) is 45.8 Å². The molecule has 2 aromatic rings. The fraction of sp³-hybridized carbons (Fsp3) is 0.333. The van der Waals surface area contributed by atoms with E-state index in [2.05, 4.69) is 16.9 Å². The number of nitrogens with zero attached hydrogens (tertiary/aromatic N) is 1. The molecule has 0 fully saturated rings. The van der Waals surface area contributed by atoms with Gasteiger partial charge in [0.25, 0.3) is 0 Å². The first-order valence-corrected chi connectivity index (χ1v) is 6.51. The highest BCUT2D eigenvalue weighted by Crippen LogP contribution is 2.14. The molecule has 84 valence electrons. The number of hydrogen-bond acceptors (Lipinski definition) is 3. The molecule has 16 heavy (non-hydrogen) atoms. The van der Waals surface area contributed by atoms with Gasteiger partial charge in [-0.3, -0.25) is 4.79 Å². The van der Waals surface area contributed by atoms with Gasteiger partial charge in [-0.25, -0.2) is 4.98 Å². The molecule has 1 aromatic carbocycles. The summed E-state index contributed by atoms with van der Waals surface area (Å²) in [6, 6.07) is 5.60. The number of thioether (sulfide) groups is 1. The summed E-state index contributed by atoms with van der Waals surface area (Å²) in [4.78, 5) is 19.0. The number of benzene rings is 1. The number of aromatic amines is 1. The minimum Gasteiger partial charge on any atom is -0.345 e. The molecule has 1 aromatic heterocycles. The van der Waals surface area contributed by atoms with Crippen molar-refractivity contribution in [2.75, 3.05) is 11.5 Å². The molecule has 1 heterocycles. The van der Waals surface area contributed by atoms with Crippen LogP contribution >= 0.6 is 11.8 Å². The Balaban J connectivity index is 2.10. The zero-order chi connectivity index (χ0) is 11.4. The Labute approximate surface area is 98.7 Å². The largest absolute Gasteiger partial charge is 0.345 e. The number of imidazole rings is 1. The van der Waals surface area contributed by atoms with Crippen molar-refractivity contribution in [1.82, 2.24) is 9.97 Å². The summed E-state index contributed by atoms with van der Waals surface area (Å²) >= 11 is 1.69. The highest BCUT2D eigenvalue weighted by Gasteiger charge is 2.07. The Morgan fingerprint density at radius 1 is 1.50 bits per heavy atom. The third-order valence-electron chi connectivity index (χ3n) is 2.32. The number of fused-ring (bicyclic) bond motifs is 1. The molecule has 0 saturated heterocycles. The number of nitrogens with one attached hydrogen (secondary N) is 1. The van der Waals surface area contributed by atoms with Crippen molar-refractivity contribution < 1.29 is 4.79 Å². The van der Waals surface area contributed by atoms with Crippen molar-refractivity contribution in [3.63, 3.8) is 0 Å². The fourth-order valence-corrected chi connectivity index (χ4v) is 2.29. The normalized spacial score (nSPS) is 10.8. The first-order valence-electron chi connectivity index (χ1n) is 5.35. The Hall–Kier alpha value is -1.29. The Kier molecular flexibility index (Phi) is 3.62. The third kappa shape index (κ3) is 2.44. The van der Waals surface area contributed by atoms with Crippen LogP contribution in [0.2, 0.25) is 0 Å². The number of H-pyrrole nitrogens is 1. The van der Waals surface area contributed by atoms with Crippen molar-refractivity contribution >= 4 is 28.6 Å². The second-order valence-corrected chi connectivity index (χ2v) is 4.72. The zero-order valence-corrected chi connectivity index (χ0v) is 10.0. The molecule has 2 rings (SSSR count). The Morgan fingerprint density at radius 3 is 3.19 bits per heavy atom. The second kappa shape index (κ2) is 5.16. The molecule has 4 heteroatoms. The minimum atomic E-state index is 0.190. The van der Waals surface area contributed by atoms with Gasteiger partial charge < -0.3 is 4.98 Å². The van der Waals surface area contributed by atoms with Gasteiger partial charge in [0, 0.05) is 5.56 Å². The van der Waals surface area contributed by atoms with E-state index in [1.165, 1.54) is 0 Å². The van der Waals surface area contributed by atoms with Gasteiger partial charge in [0.1, 0.15) is 0 Å². The van der Waals surface area contributed by atoms with Crippen molar-refractivity contribution in [2.45, 2.75) is 13.3 Å². The summed E-state index contributed by atoms with van der Waals surface area (Å²) in [7, 11) is 0. The molecular weight excluding hydrogens is 220 g/mol. The van der Waals surface area contributed by atoms with Gasteiger partial charge >= 0.3 is 0 Å². The van der Waals surface area contributed by atoms with Crippen LogP contribution in [0.15, 0.2) is 24.5 Å². The number of rotatable bonds is 5. The van der Waals surface area contributed by atoms with Gasteiger partial charge in [0.15, 0.2) is 5.78 Å². The average molecular weight is 234 g/mol. The van der Waals surface area contributed by atoms with Crippen LogP contribution in [0.5, 0.6) is 0 Å². The lowest BCUT2D eigenvalue weighted by Gasteiger charge is -2.00. The third-order valence-corrected chi connectivity index (χ3v) is 3.49. The SMILES string of the molecule is CCCSCC(=O)c1ccc2nc[nH]c2c1. The molecule has 3 nitrogen and oxygen atoms in total. The minimum absolute atomic E-state index is 0.190. The van der Waals surface area contributed by atoms with Crippen LogP contribution < -0.4 is 0 Å². The van der Waals surface area contributed by atoms with Crippen LogP contribution in [0.1, 0.15) is 23.7 Å². The molecule has 0 aliphatic rings. The van der Waals surface area contributed by atoms with Gasteiger partial charge in [-0.1, -0.05) is 6.92 Å². The molecular formula is C12H14N2OS. The van der Waals surface area contributed by atoms with Crippen molar-refractivity contribution in [3.05, 3.63) is 30.1 Å². The number of hydrogen-bond donors (Lipinski definition) is 1. The van der Waals surface area contributed by atoms with Gasteiger partial charge in [-0.15, -0.1) is 0 Å². The maximum absolute atomic E-state index is 11.8. The molecule has 0 saturated carbocycles. The summed E-state index contributed by atoms with van der Waals surface area (Å²) in [5.41, 5.74) is 2.59. The van der Waals surface area contributed by atoms with Crippen LogP contribution in [0.3, 0.4) is 0 Å². The van der Waals surface area contributed by atoms with E-state index in [0.29, 0.717) is 5.75 Å². The summed E-state index contributed by atoms with van der Waals surface area (Å²) in [6.45, 7) is 2.12. The predicted octanol–water partition coefficient (Wildman–Crippen LogP) is 2.89. The highest BCUT2D eigenvalue weighted by atomic mass is 32.2. The first kappa shape index (κ1) is 11.2. The van der Waals surface area contributed by atoms with Gasteiger partial charge in [-0.05, 0) is 30.4 Å². The van der Waals surface area contributed by atoms with Crippen molar-refractivity contribution in [2.24, 2.45) is 0 Å². The summed E-state index contributed by atoms with van der Waals surface area (Å²) in [5.74, 6) is 1.79. The molecule has 0 radical (unpaired) electrons. The first-order chi connectivity index (χ1) is 7.81. The van der Waals surface area contributed by atoms with Gasteiger partial charge in [-0.2, -0.15) is 11.8 Å². The molecule has 0 bridgehead atoms. The maximum atomic E-state index is 11.8. The van der Waals surface area contributed by atoms with E-state index in [4.69, 9.17) is 0 Å². The van der Waals surface area contributed by atoms with E-state index in [1.807, 2.05) is 18.2 Å². The van der Waals surface area contributed by atoms with E-state index < -0.39 is 0 Å². The van der Waals surface area contributed by atoms with Crippen LogP contribution in [-0.2, 0) is 0 Å². The Morgan fingerprint density at radius 2 is 2.38 bits per heavy atom. The second-order valence-electron chi connectivity index (χ2n) is 3.61. The zero-order valence-electron chi connectivity index (χ0n) is 9.19. The summed E-state index contributed by atoms with van der Waals surface area (Å²) in [5, 5.41) is 0. The number of aromatic nitrogens is 2. The van der Waals surface area contributed by atoms with Crippen molar-refractivity contribution in [3.8, 4) is 0 Å². The Bertz CT molecular complexity index is 492. The quantitative estimate of drug-likeness (QED) is 0.639. The monoisotopic (exact) mass is 234 g/mol. The van der Waals surface area contributed by atoms with Crippen LogP contribution in [0.25, 0.3) is 11.0 Å². The fourth-order valence-electron chi connectivity index (χ4n) is 1.50. The number of carbonyl (C=O) groups excluding carboxylic acids is 1. The van der Waals surface area contributed by atoms with E-state index in [1.54, 1.807) is 18.1 Å². The average Bonchev–Trinajstić information content (AvgIpc) is 2.76. The maximum Gasteiger partial charge on any atom is 0.172 e. The number of carbonyl (C=O) groups is 1. The predicted molar refractivity (Wildman–Crippen MR) is 68.0 cm³/mol. The lowest BCUT2D eigenvalue weighted by molar-refractivity contribution is 0.102. The lowest BCUT2D eigenvalue weighted by atomic mass is 10.1.